The van der Waals surface area contributed by atoms with Gasteiger partial charge in [-0.2, -0.15) is 0 Å². The van der Waals surface area contributed by atoms with Gasteiger partial charge >= 0.3 is 0 Å². The molecule has 2 aliphatic carbocycles. The molecule has 0 aromatic heterocycles. The smallest absolute Gasteiger partial charge is 0.252 e. The number of carbonyl (C=O) groups is 1. The predicted octanol–water partition coefficient (Wildman–Crippen LogP) is 3.78. The van der Waals surface area contributed by atoms with Crippen LogP contribution < -0.4 is 11.1 Å². The summed E-state index contributed by atoms with van der Waals surface area (Å²) >= 11 is 0. The Labute approximate surface area is 149 Å². The Morgan fingerprint density at radius 2 is 1.71 bits per heavy atom. The van der Waals surface area contributed by atoms with Gasteiger partial charge in [0.2, 0.25) is 0 Å². The Morgan fingerprint density at radius 3 is 2.33 bits per heavy atom. The van der Waals surface area contributed by atoms with E-state index in [9.17, 15) is 4.79 Å². The van der Waals surface area contributed by atoms with E-state index >= 15 is 0 Å². The van der Waals surface area contributed by atoms with E-state index in [-0.39, 0.29) is 35.8 Å². The third kappa shape index (κ3) is 2.62. The molecular formula is C20H23ClN2O. The minimum atomic E-state index is 0. The highest BCUT2D eigenvalue weighted by molar-refractivity contribution is 6.01. The maximum Gasteiger partial charge on any atom is 0.252 e. The van der Waals surface area contributed by atoms with Gasteiger partial charge in [-0.25, -0.2) is 0 Å². The predicted molar refractivity (Wildman–Crippen MR) is 99.3 cm³/mol. The van der Waals surface area contributed by atoms with Gasteiger partial charge in [-0.05, 0) is 36.5 Å². The molecule has 0 bridgehead atoms. The molecule has 0 saturated heterocycles. The lowest BCUT2D eigenvalue weighted by Gasteiger charge is -2.60. The van der Waals surface area contributed by atoms with Crippen LogP contribution in [0.4, 0.5) is 0 Å². The van der Waals surface area contributed by atoms with Crippen LogP contribution in [0.5, 0.6) is 0 Å². The van der Waals surface area contributed by atoms with Gasteiger partial charge in [-0.3, -0.25) is 4.79 Å². The molecule has 2 unspecified atom stereocenters. The van der Waals surface area contributed by atoms with Crippen molar-refractivity contribution >= 4 is 18.3 Å². The molecular weight excluding hydrogens is 320 g/mol. The fourth-order valence-corrected chi connectivity index (χ4v) is 4.11. The van der Waals surface area contributed by atoms with Crippen molar-refractivity contribution in [1.29, 1.82) is 0 Å². The van der Waals surface area contributed by atoms with Crippen LogP contribution in [0.15, 0.2) is 54.6 Å². The number of benzene rings is 2. The summed E-state index contributed by atoms with van der Waals surface area (Å²) in [4.78, 5) is 12.8. The molecule has 4 heteroatoms. The van der Waals surface area contributed by atoms with Crippen LogP contribution in [0.1, 0.15) is 36.0 Å². The average molecular weight is 343 g/mol. The Kier molecular flexibility index (Phi) is 4.66. The topological polar surface area (TPSA) is 55.1 Å². The van der Waals surface area contributed by atoms with Gasteiger partial charge in [0.05, 0.1) is 0 Å². The molecule has 1 spiro atoms. The molecule has 4 rings (SSSR count). The van der Waals surface area contributed by atoms with Crippen LogP contribution >= 0.6 is 12.4 Å². The first-order valence-corrected chi connectivity index (χ1v) is 8.42. The van der Waals surface area contributed by atoms with Crippen LogP contribution in [-0.2, 0) is 0 Å². The van der Waals surface area contributed by atoms with Gasteiger partial charge in [0.15, 0.2) is 0 Å². The SMILES string of the molecule is Cl.NC1CC(NC(=O)c2ccccc2-c2ccccc2)C12CCC2. The zero-order valence-corrected chi connectivity index (χ0v) is 14.4. The Morgan fingerprint density at radius 1 is 1.04 bits per heavy atom. The third-order valence-electron chi connectivity index (χ3n) is 5.77. The second kappa shape index (κ2) is 6.58. The lowest BCUT2D eigenvalue weighted by atomic mass is 9.50. The first kappa shape index (κ1) is 17.0. The number of rotatable bonds is 3. The minimum Gasteiger partial charge on any atom is -0.349 e. The fourth-order valence-electron chi connectivity index (χ4n) is 4.11. The average Bonchev–Trinajstić information content (AvgIpc) is 2.53. The fraction of sp³-hybridized carbons (Fsp3) is 0.350. The summed E-state index contributed by atoms with van der Waals surface area (Å²) in [7, 11) is 0. The molecule has 2 aromatic rings. The molecule has 2 atom stereocenters. The second-order valence-corrected chi connectivity index (χ2v) is 6.87. The molecule has 2 aromatic carbocycles. The van der Waals surface area contributed by atoms with Gasteiger partial charge in [-0.1, -0.05) is 55.0 Å². The van der Waals surface area contributed by atoms with Crippen LogP contribution in [0.3, 0.4) is 0 Å². The molecule has 3 nitrogen and oxygen atoms in total. The summed E-state index contributed by atoms with van der Waals surface area (Å²) in [6, 6.07) is 18.4. The molecule has 3 N–H and O–H groups in total. The lowest BCUT2D eigenvalue weighted by molar-refractivity contribution is -0.0389. The van der Waals surface area contributed by atoms with E-state index in [0.717, 1.165) is 36.0 Å². The normalized spacial score (nSPS) is 23.5. The van der Waals surface area contributed by atoms with E-state index in [1.54, 1.807) is 0 Å². The molecule has 2 fully saturated rings. The van der Waals surface area contributed by atoms with E-state index in [0.29, 0.717) is 0 Å². The number of nitrogens with two attached hydrogens (primary N) is 1. The summed E-state index contributed by atoms with van der Waals surface area (Å²) < 4.78 is 0. The lowest BCUT2D eigenvalue weighted by Crippen LogP contribution is -2.69. The summed E-state index contributed by atoms with van der Waals surface area (Å²) in [5.74, 6) is 0.0210. The number of carbonyl (C=O) groups excluding carboxylic acids is 1. The van der Waals surface area contributed by atoms with Crippen molar-refractivity contribution in [2.75, 3.05) is 0 Å². The number of hydrogen-bond donors (Lipinski definition) is 2. The first-order chi connectivity index (χ1) is 11.2. The van der Waals surface area contributed by atoms with Crippen molar-refractivity contribution in [3.8, 4) is 11.1 Å². The molecule has 126 valence electrons. The van der Waals surface area contributed by atoms with Crippen LogP contribution in [0.25, 0.3) is 11.1 Å². The molecule has 24 heavy (non-hydrogen) atoms. The Hall–Kier alpha value is -1.84. The highest BCUT2D eigenvalue weighted by Gasteiger charge is 2.57. The van der Waals surface area contributed by atoms with Crippen molar-refractivity contribution in [1.82, 2.24) is 5.32 Å². The number of hydrogen-bond acceptors (Lipinski definition) is 2. The molecule has 0 radical (unpaired) electrons. The van der Waals surface area contributed by atoms with Crippen molar-refractivity contribution in [2.24, 2.45) is 11.1 Å². The summed E-state index contributed by atoms with van der Waals surface area (Å²) in [6.07, 6.45) is 4.44. The quantitative estimate of drug-likeness (QED) is 0.892. The maximum absolute atomic E-state index is 12.8. The van der Waals surface area contributed by atoms with Crippen molar-refractivity contribution in [3.63, 3.8) is 0 Å². The van der Waals surface area contributed by atoms with E-state index in [1.807, 2.05) is 54.6 Å². The van der Waals surface area contributed by atoms with Gasteiger partial charge in [0, 0.05) is 23.1 Å². The monoisotopic (exact) mass is 342 g/mol. The minimum absolute atomic E-state index is 0. The molecule has 1 amide bonds. The Balaban J connectivity index is 0.00000169. The highest BCUT2D eigenvalue weighted by Crippen LogP contribution is 2.55. The van der Waals surface area contributed by atoms with E-state index < -0.39 is 0 Å². The first-order valence-electron chi connectivity index (χ1n) is 8.42. The molecule has 0 aliphatic heterocycles. The zero-order valence-electron chi connectivity index (χ0n) is 13.6. The van der Waals surface area contributed by atoms with E-state index in [2.05, 4.69) is 5.32 Å². The van der Waals surface area contributed by atoms with E-state index in [4.69, 9.17) is 5.73 Å². The van der Waals surface area contributed by atoms with E-state index in [1.165, 1.54) is 6.42 Å². The van der Waals surface area contributed by atoms with Crippen molar-refractivity contribution in [2.45, 2.75) is 37.8 Å². The van der Waals surface area contributed by atoms with Gasteiger partial charge < -0.3 is 11.1 Å². The van der Waals surface area contributed by atoms with Gasteiger partial charge in [0.1, 0.15) is 0 Å². The zero-order chi connectivity index (χ0) is 15.9. The second-order valence-electron chi connectivity index (χ2n) is 6.87. The van der Waals surface area contributed by atoms with Gasteiger partial charge in [0.25, 0.3) is 5.91 Å². The maximum atomic E-state index is 12.8. The standard InChI is InChI=1S/C20H22N2O.ClH/c21-17-13-18(20(17)11-6-12-20)22-19(23)16-10-5-4-9-15(16)14-7-2-1-3-8-14;/h1-5,7-10,17-18H,6,11-13,21H2,(H,22,23);1H. The third-order valence-corrected chi connectivity index (χ3v) is 5.77. The van der Waals surface area contributed by atoms with Crippen LogP contribution in [-0.4, -0.2) is 18.0 Å². The number of halogens is 1. The van der Waals surface area contributed by atoms with Gasteiger partial charge in [-0.15, -0.1) is 12.4 Å². The molecule has 2 aliphatic rings. The summed E-state index contributed by atoms with van der Waals surface area (Å²) in [5.41, 5.74) is 9.17. The van der Waals surface area contributed by atoms with Crippen molar-refractivity contribution < 1.29 is 4.79 Å². The largest absolute Gasteiger partial charge is 0.349 e. The molecule has 0 heterocycles. The van der Waals surface area contributed by atoms with Crippen molar-refractivity contribution in [3.05, 3.63) is 60.2 Å². The number of nitrogens with one attached hydrogen (secondary N) is 1. The van der Waals surface area contributed by atoms with Crippen LogP contribution in [0.2, 0.25) is 0 Å². The number of amides is 1. The highest BCUT2D eigenvalue weighted by atomic mass is 35.5. The molecule has 2 saturated carbocycles. The summed E-state index contributed by atoms with van der Waals surface area (Å²) in [6.45, 7) is 0. The summed E-state index contributed by atoms with van der Waals surface area (Å²) in [5, 5.41) is 3.25. The van der Waals surface area contributed by atoms with Crippen LogP contribution in [0, 0.1) is 5.41 Å². The Bertz CT molecular complexity index is 727.